The van der Waals surface area contributed by atoms with Gasteiger partial charge in [0.25, 0.3) is 0 Å². The Morgan fingerprint density at radius 3 is 3.05 bits per heavy atom. The SMILES string of the molecule is O=C1NCCCC1n1c(CCl)nc2cc(I)c(F)cc21. The molecule has 1 fully saturated rings. The van der Waals surface area contributed by atoms with E-state index in [9.17, 15) is 9.18 Å². The van der Waals surface area contributed by atoms with Crippen LogP contribution in [0, 0.1) is 9.39 Å². The van der Waals surface area contributed by atoms with Gasteiger partial charge in [0.05, 0.1) is 20.5 Å². The summed E-state index contributed by atoms with van der Waals surface area (Å²) in [5, 5.41) is 2.84. The number of hydrogen-bond donors (Lipinski definition) is 1. The Morgan fingerprint density at radius 1 is 1.55 bits per heavy atom. The molecular formula is C13H12ClFIN3O. The zero-order chi connectivity index (χ0) is 14.3. The molecule has 1 saturated heterocycles. The van der Waals surface area contributed by atoms with Crippen molar-refractivity contribution >= 4 is 51.1 Å². The Morgan fingerprint density at radius 2 is 2.35 bits per heavy atom. The molecule has 0 spiro atoms. The third-order valence-electron chi connectivity index (χ3n) is 3.49. The number of piperidine rings is 1. The minimum atomic E-state index is -0.359. The van der Waals surface area contributed by atoms with Gasteiger partial charge in [0.2, 0.25) is 5.91 Å². The van der Waals surface area contributed by atoms with Crippen LogP contribution in [0.2, 0.25) is 0 Å². The van der Waals surface area contributed by atoms with Crippen molar-refractivity contribution in [3.63, 3.8) is 0 Å². The average Bonchev–Trinajstić information content (AvgIpc) is 2.77. The molecule has 1 aromatic carbocycles. The second-order valence-corrected chi connectivity index (χ2v) is 6.17. The highest BCUT2D eigenvalue weighted by Gasteiger charge is 2.27. The van der Waals surface area contributed by atoms with Crippen LogP contribution in [0.5, 0.6) is 0 Å². The molecule has 1 amide bonds. The summed E-state index contributed by atoms with van der Waals surface area (Å²) in [5.41, 5.74) is 1.30. The molecule has 106 valence electrons. The highest BCUT2D eigenvalue weighted by atomic mass is 127. The van der Waals surface area contributed by atoms with E-state index in [-0.39, 0.29) is 23.6 Å². The monoisotopic (exact) mass is 407 g/mol. The van der Waals surface area contributed by atoms with E-state index in [2.05, 4.69) is 10.3 Å². The number of carbonyl (C=O) groups excluding carboxylic acids is 1. The topological polar surface area (TPSA) is 46.9 Å². The number of halogens is 3. The lowest BCUT2D eigenvalue weighted by Crippen LogP contribution is -2.38. The van der Waals surface area contributed by atoms with Crippen LogP contribution in [0.15, 0.2) is 12.1 Å². The largest absolute Gasteiger partial charge is 0.354 e. The summed E-state index contributed by atoms with van der Waals surface area (Å²) in [4.78, 5) is 16.5. The second-order valence-electron chi connectivity index (χ2n) is 4.74. The molecule has 0 radical (unpaired) electrons. The van der Waals surface area contributed by atoms with E-state index in [0.29, 0.717) is 27.0 Å². The maximum atomic E-state index is 13.8. The fraction of sp³-hybridized carbons (Fsp3) is 0.385. The Hall–Kier alpha value is -0.890. The van der Waals surface area contributed by atoms with E-state index in [1.54, 1.807) is 10.6 Å². The first-order valence-electron chi connectivity index (χ1n) is 6.31. The molecule has 1 aromatic heterocycles. The zero-order valence-corrected chi connectivity index (χ0v) is 13.4. The summed E-state index contributed by atoms with van der Waals surface area (Å²) in [6.07, 6.45) is 1.61. The molecule has 2 heterocycles. The molecule has 1 unspecified atom stereocenters. The lowest BCUT2D eigenvalue weighted by Gasteiger charge is -2.25. The Kier molecular flexibility index (Phi) is 3.85. The minimum absolute atomic E-state index is 0.0547. The van der Waals surface area contributed by atoms with Crippen LogP contribution >= 0.6 is 34.2 Å². The van der Waals surface area contributed by atoms with E-state index < -0.39 is 0 Å². The number of amides is 1. The summed E-state index contributed by atoms with van der Waals surface area (Å²) in [7, 11) is 0. The minimum Gasteiger partial charge on any atom is -0.354 e. The van der Waals surface area contributed by atoms with Crippen LogP contribution < -0.4 is 5.32 Å². The highest BCUT2D eigenvalue weighted by Crippen LogP contribution is 2.29. The molecule has 0 bridgehead atoms. The molecule has 20 heavy (non-hydrogen) atoms. The molecule has 3 rings (SSSR count). The first-order chi connectivity index (χ1) is 9.61. The quantitative estimate of drug-likeness (QED) is 0.615. The van der Waals surface area contributed by atoms with Crippen LogP contribution in [-0.4, -0.2) is 22.0 Å². The van der Waals surface area contributed by atoms with Gasteiger partial charge < -0.3 is 9.88 Å². The summed E-state index contributed by atoms with van der Waals surface area (Å²) < 4.78 is 16.1. The average molecular weight is 408 g/mol. The smallest absolute Gasteiger partial charge is 0.243 e. The van der Waals surface area contributed by atoms with Gasteiger partial charge in [-0.05, 0) is 41.5 Å². The van der Waals surface area contributed by atoms with E-state index in [4.69, 9.17) is 11.6 Å². The molecule has 0 saturated carbocycles. The maximum absolute atomic E-state index is 13.8. The summed E-state index contributed by atoms with van der Waals surface area (Å²) in [6.45, 7) is 0.685. The molecule has 1 atom stereocenters. The summed E-state index contributed by atoms with van der Waals surface area (Å²) in [6, 6.07) is 2.75. The third-order valence-corrected chi connectivity index (χ3v) is 4.56. The maximum Gasteiger partial charge on any atom is 0.243 e. The van der Waals surface area contributed by atoms with Gasteiger partial charge in [0.1, 0.15) is 17.7 Å². The Balaban J connectivity index is 2.21. The van der Waals surface area contributed by atoms with Gasteiger partial charge in [-0.2, -0.15) is 0 Å². The molecule has 0 aliphatic carbocycles. The van der Waals surface area contributed by atoms with Crippen LogP contribution in [-0.2, 0) is 10.7 Å². The summed E-state index contributed by atoms with van der Waals surface area (Å²) in [5.74, 6) is 0.430. The van der Waals surface area contributed by atoms with Crippen LogP contribution in [0.4, 0.5) is 4.39 Å². The lowest BCUT2D eigenvalue weighted by atomic mass is 10.1. The van der Waals surface area contributed by atoms with E-state index >= 15 is 0 Å². The normalized spacial score (nSPS) is 19.4. The van der Waals surface area contributed by atoms with Gasteiger partial charge >= 0.3 is 0 Å². The van der Waals surface area contributed by atoms with E-state index in [1.807, 2.05) is 22.6 Å². The number of fused-ring (bicyclic) bond motifs is 1. The number of alkyl halides is 1. The lowest BCUT2D eigenvalue weighted by molar-refractivity contribution is -0.125. The fourth-order valence-electron chi connectivity index (χ4n) is 2.58. The van der Waals surface area contributed by atoms with Crippen molar-refractivity contribution in [1.82, 2.24) is 14.9 Å². The molecular weight excluding hydrogens is 396 g/mol. The Bertz CT molecular complexity index is 688. The number of nitrogens with zero attached hydrogens (tertiary/aromatic N) is 2. The van der Waals surface area contributed by atoms with E-state index in [1.165, 1.54) is 6.07 Å². The second kappa shape index (κ2) is 5.48. The van der Waals surface area contributed by atoms with Crippen molar-refractivity contribution in [1.29, 1.82) is 0 Å². The number of hydrogen-bond acceptors (Lipinski definition) is 2. The van der Waals surface area contributed by atoms with Crippen molar-refractivity contribution < 1.29 is 9.18 Å². The van der Waals surface area contributed by atoms with Gasteiger partial charge in [0.15, 0.2) is 0 Å². The number of rotatable bonds is 2. The predicted molar refractivity (Wildman–Crippen MR) is 83.2 cm³/mol. The fourth-order valence-corrected chi connectivity index (χ4v) is 3.22. The standard InChI is InChI=1S/C13H12ClFIN3O/c14-6-12-18-9-5-8(16)7(15)4-11(9)19(12)10-2-1-3-17-13(10)20/h4-5,10H,1-3,6H2,(H,17,20). The van der Waals surface area contributed by atoms with Crippen molar-refractivity contribution in [3.8, 4) is 0 Å². The molecule has 1 aliphatic rings. The molecule has 2 aromatic rings. The third kappa shape index (κ3) is 2.28. The predicted octanol–water partition coefficient (Wildman–Crippen LogP) is 2.97. The number of imidazole rings is 1. The zero-order valence-electron chi connectivity index (χ0n) is 10.5. The van der Waals surface area contributed by atoms with Gasteiger partial charge in [-0.3, -0.25) is 4.79 Å². The highest BCUT2D eigenvalue weighted by molar-refractivity contribution is 14.1. The molecule has 4 nitrogen and oxygen atoms in total. The first kappa shape index (κ1) is 14.1. The van der Waals surface area contributed by atoms with Crippen molar-refractivity contribution in [2.75, 3.05) is 6.54 Å². The number of aromatic nitrogens is 2. The number of benzene rings is 1. The van der Waals surface area contributed by atoms with Gasteiger partial charge in [0, 0.05) is 12.6 Å². The number of nitrogens with one attached hydrogen (secondary N) is 1. The first-order valence-corrected chi connectivity index (χ1v) is 7.92. The van der Waals surface area contributed by atoms with Crippen molar-refractivity contribution in [2.24, 2.45) is 0 Å². The Labute approximate surface area is 133 Å². The number of carbonyl (C=O) groups is 1. The molecule has 1 aliphatic heterocycles. The summed E-state index contributed by atoms with van der Waals surface area (Å²) >= 11 is 7.87. The van der Waals surface area contributed by atoms with Crippen molar-refractivity contribution in [3.05, 3.63) is 27.3 Å². The van der Waals surface area contributed by atoms with Gasteiger partial charge in [-0.1, -0.05) is 0 Å². The van der Waals surface area contributed by atoms with Crippen molar-refractivity contribution in [2.45, 2.75) is 24.8 Å². The molecule has 7 heteroatoms. The molecule has 1 N–H and O–H groups in total. The van der Waals surface area contributed by atoms with Gasteiger partial charge in [-0.15, -0.1) is 11.6 Å². The van der Waals surface area contributed by atoms with E-state index in [0.717, 1.165) is 12.8 Å². The van der Waals surface area contributed by atoms with Crippen LogP contribution in [0.25, 0.3) is 11.0 Å². The van der Waals surface area contributed by atoms with Crippen LogP contribution in [0.1, 0.15) is 24.7 Å². The van der Waals surface area contributed by atoms with Gasteiger partial charge in [-0.25, -0.2) is 9.37 Å². The van der Waals surface area contributed by atoms with Crippen LogP contribution in [0.3, 0.4) is 0 Å².